The highest BCUT2D eigenvalue weighted by Crippen LogP contribution is 2.31. The molecule has 2 aromatic carbocycles. The second-order valence-electron chi connectivity index (χ2n) is 7.20. The molecule has 0 unspecified atom stereocenters. The molecule has 1 fully saturated rings. The Labute approximate surface area is 191 Å². The van der Waals surface area contributed by atoms with Crippen LogP contribution in [0.2, 0.25) is 0 Å². The molecule has 3 amide bonds. The predicted molar refractivity (Wildman–Crippen MR) is 121 cm³/mol. The van der Waals surface area contributed by atoms with Crippen molar-refractivity contribution in [3.8, 4) is 17.2 Å². The third-order valence-electron chi connectivity index (χ3n) is 4.91. The van der Waals surface area contributed by atoms with Gasteiger partial charge in [-0.05, 0) is 36.4 Å². The maximum absolute atomic E-state index is 12.8. The molecule has 0 spiro atoms. The fourth-order valence-electron chi connectivity index (χ4n) is 3.25. The summed E-state index contributed by atoms with van der Waals surface area (Å²) >= 11 is 0. The molecule has 0 bridgehead atoms. The van der Waals surface area contributed by atoms with E-state index in [1.807, 2.05) is 0 Å². The summed E-state index contributed by atoms with van der Waals surface area (Å²) < 4.78 is 21.5. The van der Waals surface area contributed by atoms with Gasteiger partial charge in [0.25, 0.3) is 11.8 Å². The number of rotatable bonds is 8. The van der Waals surface area contributed by atoms with E-state index in [0.29, 0.717) is 60.5 Å². The highest BCUT2D eigenvalue weighted by atomic mass is 16.5. The number of anilines is 2. The van der Waals surface area contributed by atoms with Crippen LogP contribution in [-0.2, 0) is 14.3 Å². The number of ether oxygens (including phenoxy) is 4. The largest absolute Gasteiger partial charge is 0.495 e. The van der Waals surface area contributed by atoms with Crippen LogP contribution in [0, 0.1) is 0 Å². The number of carbonyl (C=O) groups excluding carboxylic acids is 3. The lowest BCUT2D eigenvalue weighted by molar-refractivity contribution is -0.137. The van der Waals surface area contributed by atoms with Gasteiger partial charge in [0.05, 0.1) is 33.1 Å². The highest BCUT2D eigenvalue weighted by molar-refractivity contribution is 6.06. The Morgan fingerprint density at radius 1 is 0.939 bits per heavy atom. The van der Waals surface area contributed by atoms with Crippen LogP contribution in [0.25, 0.3) is 0 Å². The quantitative estimate of drug-likeness (QED) is 0.624. The van der Waals surface area contributed by atoms with Crippen LogP contribution >= 0.6 is 0 Å². The number of amides is 3. The van der Waals surface area contributed by atoms with Gasteiger partial charge in [-0.3, -0.25) is 14.4 Å². The van der Waals surface area contributed by atoms with Gasteiger partial charge in [0.1, 0.15) is 5.75 Å². The highest BCUT2D eigenvalue weighted by Gasteiger charge is 2.19. The fourth-order valence-corrected chi connectivity index (χ4v) is 3.25. The first kappa shape index (κ1) is 23.9. The topological polar surface area (TPSA) is 115 Å². The molecular weight excluding hydrogens is 430 g/mol. The van der Waals surface area contributed by atoms with Crippen LogP contribution in [-0.4, -0.2) is 69.8 Å². The molecule has 10 heteroatoms. The first-order valence-corrected chi connectivity index (χ1v) is 10.3. The third kappa shape index (κ3) is 6.36. The minimum absolute atomic E-state index is 0.144. The molecule has 33 heavy (non-hydrogen) atoms. The van der Waals surface area contributed by atoms with Gasteiger partial charge in [-0.15, -0.1) is 0 Å². The average Bonchev–Trinajstić information content (AvgIpc) is 2.82. The van der Waals surface area contributed by atoms with Crippen molar-refractivity contribution >= 4 is 29.1 Å². The van der Waals surface area contributed by atoms with Crippen molar-refractivity contribution in [1.82, 2.24) is 4.90 Å². The van der Waals surface area contributed by atoms with Crippen molar-refractivity contribution in [2.75, 3.05) is 57.8 Å². The molecule has 0 radical (unpaired) electrons. The third-order valence-corrected chi connectivity index (χ3v) is 4.91. The van der Waals surface area contributed by atoms with Gasteiger partial charge < -0.3 is 34.5 Å². The minimum atomic E-state index is -0.414. The van der Waals surface area contributed by atoms with E-state index in [9.17, 15) is 14.4 Å². The van der Waals surface area contributed by atoms with Crippen molar-refractivity contribution in [3.05, 3.63) is 42.0 Å². The summed E-state index contributed by atoms with van der Waals surface area (Å²) in [5.41, 5.74) is 1.22. The molecule has 1 heterocycles. The van der Waals surface area contributed by atoms with E-state index in [-0.39, 0.29) is 18.4 Å². The zero-order valence-electron chi connectivity index (χ0n) is 18.8. The van der Waals surface area contributed by atoms with E-state index in [1.165, 1.54) is 27.2 Å². The molecule has 1 saturated heterocycles. The predicted octanol–water partition coefficient (Wildman–Crippen LogP) is 2.15. The maximum Gasteiger partial charge on any atom is 0.260 e. The Balaban J connectivity index is 1.70. The molecule has 10 nitrogen and oxygen atoms in total. The van der Waals surface area contributed by atoms with Crippen molar-refractivity contribution in [3.63, 3.8) is 0 Å². The number of hydrogen-bond acceptors (Lipinski definition) is 7. The Hall–Kier alpha value is -3.79. The molecule has 0 aliphatic carbocycles. The van der Waals surface area contributed by atoms with E-state index < -0.39 is 5.91 Å². The number of nitrogens with one attached hydrogen (secondary N) is 2. The summed E-state index contributed by atoms with van der Waals surface area (Å²) in [6.45, 7) is 3.34. The Bertz CT molecular complexity index is 1020. The van der Waals surface area contributed by atoms with Gasteiger partial charge >= 0.3 is 0 Å². The van der Waals surface area contributed by atoms with E-state index in [1.54, 1.807) is 35.2 Å². The summed E-state index contributed by atoms with van der Waals surface area (Å²) in [4.78, 5) is 38.2. The lowest BCUT2D eigenvalue weighted by Crippen LogP contribution is -2.43. The van der Waals surface area contributed by atoms with Crippen LogP contribution in [0.15, 0.2) is 36.4 Å². The molecule has 3 rings (SSSR count). The Morgan fingerprint density at radius 2 is 1.64 bits per heavy atom. The van der Waals surface area contributed by atoms with Gasteiger partial charge in [-0.25, -0.2) is 0 Å². The number of methoxy groups -OCH3 is 2. The average molecular weight is 457 g/mol. The molecule has 2 N–H and O–H groups in total. The number of hydrogen-bond donors (Lipinski definition) is 2. The second-order valence-corrected chi connectivity index (χ2v) is 7.20. The zero-order valence-corrected chi connectivity index (χ0v) is 18.8. The van der Waals surface area contributed by atoms with Gasteiger partial charge in [0.2, 0.25) is 5.91 Å². The smallest absolute Gasteiger partial charge is 0.260 e. The van der Waals surface area contributed by atoms with Crippen LogP contribution in [0.4, 0.5) is 11.4 Å². The van der Waals surface area contributed by atoms with Crippen molar-refractivity contribution < 1.29 is 33.3 Å². The Morgan fingerprint density at radius 3 is 2.30 bits per heavy atom. The number of morpholine rings is 1. The number of benzene rings is 2. The molecule has 176 valence electrons. The van der Waals surface area contributed by atoms with Gasteiger partial charge in [-0.1, -0.05) is 0 Å². The normalized spacial score (nSPS) is 13.1. The summed E-state index contributed by atoms with van der Waals surface area (Å²) in [6.07, 6.45) is 0. The van der Waals surface area contributed by atoms with Crippen molar-refractivity contribution in [2.24, 2.45) is 0 Å². The van der Waals surface area contributed by atoms with Crippen LogP contribution in [0.5, 0.6) is 17.2 Å². The summed E-state index contributed by atoms with van der Waals surface area (Å²) in [7, 11) is 2.93. The van der Waals surface area contributed by atoms with Gasteiger partial charge in [0.15, 0.2) is 18.1 Å². The molecule has 0 saturated carbocycles. The zero-order chi connectivity index (χ0) is 23.8. The summed E-state index contributed by atoms with van der Waals surface area (Å²) in [6, 6.07) is 9.58. The summed E-state index contributed by atoms with van der Waals surface area (Å²) in [5, 5.41) is 5.43. The summed E-state index contributed by atoms with van der Waals surface area (Å²) in [5.74, 6) is 0.309. The van der Waals surface area contributed by atoms with E-state index in [4.69, 9.17) is 18.9 Å². The lowest BCUT2D eigenvalue weighted by atomic mass is 10.1. The fraction of sp³-hybridized carbons (Fsp3) is 0.348. The maximum atomic E-state index is 12.8. The second kappa shape index (κ2) is 11.2. The molecule has 2 aromatic rings. The lowest BCUT2D eigenvalue weighted by Gasteiger charge is -2.26. The van der Waals surface area contributed by atoms with Crippen molar-refractivity contribution in [1.29, 1.82) is 0 Å². The molecule has 1 aliphatic rings. The molecular formula is C23H27N3O7. The van der Waals surface area contributed by atoms with Gasteiger partial charge in [0, 0.05) is 31.3 Å². The monoisotopic (exact) mass is 457 g/mol. The molecule has 0 atom stereocenters. The first-order chi connectivity index (χ1) is 15.9. The van der Waals surface area contributed by atoms with Crippen LogP contribution < -0.4 is 24.8 Å². The number of nitrogens with zero attached hydrogens (tertiary/aromatic N) is 1. The number of carbonyl (C=O) groups is 3. The minimum Gasteiger partial charge on any atom is -0.495 e. The molecule has 0 aromatic heterocycles. The van der Waals surface area contributed by atoms with E-state index in [0.717, 1.165) is 0 Å². The van der Waals surface area contributed by atoms with E-state index >= 15 is 0 Å². The SMILES string of the molecule is COc1ccc(NC(C)=O)cc1NC(=O)c1ccc(OCC(=O)N2CCOCC2)c(OC)c1. The standard InChI is InChI=1S/C23H27N3O7/c1-15(27)24-17-5-7-19(30-2)18(13-17)25-23(29)16-4-6-20(21(12-16)31-3)33-14-22(28)26-8-10-32-11-9-26/h4-7,12-13H,8-11,14H2,1-3H3,(H,24,27)(H,25,29). The van der Waals surface area contributed by atoms with Crippen LogP contribution in [0.3, 0.4) is 0 Å². The van der Waals surface area contributed by atoms with E-state index in [2.05, 4.69) is 10.6 Å². The van der Waals surface area contributed by atoms with Gasteiger partial charge in [-0.2, -0.15) is 0 Å². The molecule has 1 aliphatic heterocycles. The van der Waals surface area contributed by atoms with Crippen molar-refractivity contribution in [2.45, 2.75) is 6.92 Å². The first-order valence-electron chi connectivity index (χ1n) is 10.3. The Kier molecular flexibility index (Phi) is 8.09. The van der Waals surface area contributed by atoms with Crippen LogP contribution in [0.1, 0.15) is 17.3 Å².